The van der Waals surface area contributed by atoms with Crippen molar-refractivity contribution in [3.8, 4) is 0 Å². The van der Waals surface area contributed by atoms with Crippen LogP contribution in [0, 0.1) is 5.92 Å². The van der Waals surface area contributed by atoms with Gasteiger partial charge in [-0.15, -0.1) is 12.4 Å². The van der Waals surface area contributed by atoms with E-state index in [0.29, 0.717) is 37.5 Å². The summed E-state index contributed by atoms with van der Waals surface area (Å²) in [6.07, 6.45) is 2.54. The highest BCUT2D eigenvalue weighted by molar-refractivity contribution is 7.89. The van der Waals surface area contributed by atoms with E-state index in [2.05, 4.69) is 0 Å². The molecule has 0 saturated carbocycles. The van der Waals surface area contributed by atoms with E-state index in [9.17, 15) is 13.2 Å². The predicted molar refractivity (Wildman–Crippen MR) is 96.0 cm³/mol. The van der Waals surface area contributed by atoms with E-state index < -0.39 is 10.0 Å². The van der Waals surface area contributed by atoms with Crippen LogP contribution in [-0.2, 0) is 21.2 Å². The average Bonchev–Trinajstić information content (AvgIpc) is 2.98. The van der Waals surface area contributed by atoms with E-state index in [4.69, 9.17) is 5.73 Å². The van der Waals surface area contributed by atoms with E-state index >= 15 is 0 Å². The molecule has 1 aromatic carbocycles. The molecule has 0 spiro atoms. The van der Waals surface area contributed by atoms with Gasteiger partial charge in [-0.25, -0.2) is 8.42 Å². The predicted octanol–water partition coefficient (Wildman–Crippen LogP) is 1.38. The van der Waals surface area contributed by atoms with Crippen molar-refractivity contribution >= 4 is 34.0 Å². The quantitative estimate of drug-likeness (QED) is 0.867. The maximum atomic E-state index is 12.9. The van der Waals surface area contributed by atoms with Crippen LogP contribution in [0.3, 0.4) is 0 Å². The van der Waals surface area contributed by atoms with Gasteiger partial charge in [0.1, 0.15) is 0 Å². The topological polar surface area (TPSA) is 83.7 Å². The van der Waals surface area contributed by atoms with Gasteiger partial charge in [0, 0.05) is 32.2 Å². The summed E-state index contributed by atoms with van der Waals surface area (Å²) >= 11 is 0. The number of anilines is 1. The van der Waals surface area contributed by atoms with Crippen LogP contribution in [0.1, 0.15) is 25.3 Å². The number of amides is 1. The molecule has 2 heterocycles. The number of benzene rings is 1. The van der Waals surface area contributed by atoms with Crippen LogP contribution in [-0.4, -0.2) is 44.8 Å². The number of rotatable bonds is 3. The Bertz CT molecular complexity index is 723. The largest absolute Gasteiger partial charge is 0.330 e. The molecule has 2 aliphatic rings. The van der Waals surface area contributed by atoms with Crippen molar-refractivity contribution in [2.24, 2.45) is 11.7 Å². The first-order valence-electron chi connectivity index (χ1n) is 8.04. The second-order valence-corrected chi connectivity index (χ2v) is 8.26. The van der Waals surface area contributed by atoms with Gasteiger partial charge >= 0.3 is 0 Å². The molecule has 0 aromatic heterocycles. The third-order valence-electron chi connectivity index (χ3n) is 4.78. The minimum absolute atomic E-state index is 0. The summed E-state index contributed by atoms with van der Waals surface area (Å²) in [6.45, 7) is 3.71. The van der Waals surface area contributed by atoms with Crippen LogP contribution in [0.15, 0.2) is 23.1 Å². The maximum absolute atomic E-state index is 12.9. The molecule has 2 N–H and O–H groups in total. The molecule has 1 aromatic rings. The molecule has 1 saturated heterocycles. The SMILES string of the molecule is CC(=O)N1CCc2cc(S(=O)(=O)N3CCCC(CN)C3)ccc21.Cl. The number of hydrogen-bond acceptors (Lipinski definition) is 4. The van der Waals surface area contributed by atoms with Gasteiger partial charge in [0.15, 0.2) is 0 Å². The van der Waals surface area contributed by atoms with Gasteiger partial charge in [-0.05, 0) is 55.5 Å². The molecule has 24 heavy (non-hydrogen) atoms. The Balaban J connectivity index is 0.00000208. The van der Waals surface area contributed by atoms with Crippen molar-refractivity contribution in [1.29, 1.82) is 0 Å². The summed E-state index contributed by atoms with van der Waals surface area (Å²) in [5.74, 6) is 0.224. The average molecular weight is 374 g/mol. The van der Waals surface area contributed by atoms with E-state index in [1.807, 2.05) is 0 Å². The highest BCUT2D eigenvalue weighted by Crippen LogP contribution is 2.32. The minimum Gasteiger partial charge on any atom is -0.330 e. The number of halogens is 1. The van der Waals surface area contributed by atoms with Gasteiger partial charge in [-0.2, -0.15) is 4.31 Å². The zero-order valence-electron chi connectivity index (χ0n) is 13.8. The fourth-order valence-corrected chi connectivity index (χ4v) is 5.06. The lowest BCUT2D eigenvalue weighted by molar-refractivity contribution is -0.116. The Labute approximate surface area is 149 Å². The number of nitrogens with two attached hydrogens (primary N) is 1. The molecule has 2 aliphatic heterocycles. The zero-order chi connectivity index (χ0) is 16.6. The molecule has 0 aliphatic carbocycles. The molecular weight excluding hydrogens is 350 g/mol. The Kier molecular flexibility index (Phi) is 5.91. The summed E-state index contributed by atoms with van der Waals surface area (Å²) in [5, 5.41) is 0. The Morgan fingerprint density at radius 2 is 2.08 bits per heavy atom. The summed E-state index contributed by atoms with van der Waals surface area (Å²) in [4.78, 5) is 13.6. The number of nitrogens with zero attached hydrogens (tertiary/aromatic N) is 2. The number of hydrogen-bond donors (Lipinski definition) is 1. The van der Waals surface area contributed by atoms with Crippen LogP contribution < -0.4 is 10.6 Å². The van der Waals surface area contributed by atoms with Crippen molar-refractivity contribution in [1.82, 2.24) is 4.31 Å². The lowest BCUT2D eigenvalue weighted by Crippen LogP contribution is -2.41. The van der Waals surface area contributed by atoms with E-state index in [-0.39, 0.29) is 24.2 Å². The Morgan fingerprint density at radius 3 is 2.75 bits per heavy atom. The van der Waals surface area contributed by atoms with Crippen molar-refractivity contribution in [3.05, 3.63) is 23.8 Å². The minimum atomic E-state index is -3.49. The normalized spacial score (nSPS) is 21.2. The molecule has 134 valence electrons. The number of piperidine rings is 1. The van der Waals surface area contributed by atoms with Gasteiger partial charge < -0.3 is 10.6 Å². The van der Waals surface area contributed by atoms with Crippen LogP contribution >= 0.6 is 12.4 Å². The van der Waals surface area contributed by atoms with Crippen molar-refractivity contribution in [2.45, 2.75) is 31.1 Å². The van der Waals surface area contributed by atoms with Gasteiger partial charge in [-0.1, -0.05) is 0 Å². The molecule has 0 radical (unpaired) electrons. The summed E-state index contributed by atoms with van der Waals surface area (Å²) < 4.78 is 27.3. The number of sulfonamides is 1. The molecule has 3 rings (SSSR count). The molecule has 1 fully saturated rings. The molecule has 1 unspecified atom stereocenters. The third-order valence-corrected chi connectivity index (χ3v) is 6.64. The number of carbonyl (C=O) groups is 1. The van der Waals surface area contributed by atoms with Gasteiger partial charge in [0.05, 0.1) is 4.90 Å². The molecule has 1 atom stereocenters. The van der Waals surface area contributed by atoms with E-state index in [1.54, 1.807) is 27.4 Å². The van der Waals surface area contributed by atoms with Crippen molar-refractivity contribution in [3.63, 3.8) is 0 Å². The second-order valence-electron chi connectivity index (χ2n) is 6.32. The van der Waals surface area contributed by atoms with E-state index in [0.717, 1.165) is 24.1 Å². The second kappa shape index (κ2) is 7.39. The van der Waals surface area contributed by atoms with Crippen LogP contribution in [0.2, 0.25) is 0 Å². The number of carbonyl (C=O) groups excluding carboxylic acids is 1. The Hall–Kier alpha value is -1.15. The maximum Gasteiger partial charge on any atom is 0.243 e. The first-order chi connectivity index (χ1) is 10.9. The lowest BCUT2D eigenvalue weighted by atomic mass is 10.0. The monoisotopic (exact) mass is 373 g/mol. The molecule has 0 bridgehead atoms. The first-order valence-corrected chi connectivity index (χ1v) is 9.48. The standard InChI is InChI=1S/C16H23N3O3S.ClH/c1-12(20)19-8-6-14-9-15(4-5-16(14)19)23(21,22)18-7-2-3-13(10-17)11-18;/h4-5,9,13H,2-3,6-8,10-11,17H2,1H3;1H. The first kappa shape index (κ1) is 19.2. The fourth-order valence-electron chi connectivity index (χ4n) is 3.45. The highest BCUT2D eigenvalue weighted by Gasteiger charge is 2.31. The van der Waals surface area contributed by atoms with Gasteiger partial charge in [0.25, 0.3) is 0 Å². The van der Waals surface area contributed by atoms with E-state index in [1.165, 1.54) is 6.92 Å². The summed E-state index contributed by atoms with van der Waals surface area (Å²) in [6, 6.07) is 5.09. The molecular formula is C16H24ClN3O3S. The summed E-state index contributed by atoms with van der Waals surface area (Å²) in [5.41, 5.74) is 7.46. The number of fused-ring (bicyclic) bond motifs is 1. The molecule has 6 nitrogen and oxygen atoms in total. The third kappa shape index (κ3) is 3.44. The van der Waals surface area contributed by atoms with Crippen molar-refractivity contribution in [2.75, 3.05) is 31.1 Å². The van der Waals surface area contributed by atoms with Crippen LogP contribution in [0.25, 0.3) is 0 Å². The zero-order valence-corrected chi connectivity index (χ0v) is 15.4. The van der Waals surface area contributed by atoms with Crippen LogP contribution in [0.4, 0.5) is 5.69 Å². The van der Waals surface area contributed by atoms with Gasteiger partial charge in [0.2, 0.25) is 15.9 Å². The van der Waals surface area contributed by atoms with Crippen molar-refractivity contribution < 1.29 is 13.2 Å². The lowest BCUT2D eigenvalue weighted by Gasteiger charge is -2.31. The summed E-state index contributed by atoms with van der Waals surface area (Å²) in [7, 11) is -3.49. The highest BCUT2D eigenvalue weighted by atomic mass is 35.5. The Morgan fingerprint density at radius 1 is 1.33 bits per heavy atom. The smallest absolute Gasteiger partial charge is 0.243 e. The van der Waals surface area contributed by atoms with Gasteiger partial charge in [-0.3, -0.25) is 4.79 Å². The molecule has 1 amide bonds. The van der Waals surface area contributed by atoms with Crippen LogP contribution in [0.5, 0.6) is 0 Å². The molecule has 8 heteroatoms. The fraction of sp³-hybridized carbons (Fsp3) is 0.562.